The molecule has 0 aliphatic rings. The molecule has 0 aliphatic carbocycles. The molecule has 0 nitrogen and oxygen atoms in total. The van der Waals surface area contributed by atoms with Crippen molar-refractivity contribution in [1.82, 2.24) is 0 Å². The van der Waals surface area contributed by atoms with Crippen LogP contribution in [0.25, 0.3) is 0 Å². The number of hydrogen-bond donors (Lipinski definition) is 1. The van der Waals surface area contributed by atoms with Crippen molar-refractivity contribution in [2.24, 2.45) is 0 Å². The van der Waals surface area contributed by atoms with E-state index in [0.717, 1.165) is 5.75 Å². The molecule has 0 aromatic heterocycles. The van der Waals surface area contributed by atoms with E-state index in [9.17, 15) is 0 Å². The molecule has 2 aromatic carbocycles. The first-order valence-corrected chi connectivity index (χ1v) is 24.6. The van der Waals surface area contributed by atoms with Crippen molar-refractivity contribution in [3.63, 3.8) is 0 Å². The summed E-state index contributed by atoms with van der Waals surface area (Å²) in [5.74, 6) is 0.973. The molecule has 0 bridgehead atoms. The van der Waals surface area contributed by atoms with Gasteiger partial charge in [0.05, 0.1) is 0 Å². The van der Waals surface area contributed by atoms with E-state index in [2.05, 4.69) is 87.1 Å². The summed E-state index contributed by atoms with van der Waals surface area (Å²) < 4.78 is 2.80. The average molecular weight is 660 g/mol. The minimum absolute atomic E-state index is 0.227. The van der Waals surface area contributed by atoms with Gasteiger partial charge in [-0.3, -0.25) is 0 Å². The molecule has 2 radical (unpaired) electrons. The van der Waals surface area contributed by atoms with E-state index < -0.39 is 8.80 Å². The second kappa shape index (κ2) is 22.7. The molecule has 0 fully saturated rings. The third-order valence-corrected chi connectivity index (χ3v) is 14.0. The van der Waals surface area contributed by atoms with E-state index in [4.69, 9.17) is 18.6 Å². The molecule has 0 heterocycles. The van der Waals surface area contributed by atoms with Gasteiger partial charge in [0.25, 0.3) is 0 Å². The molecular weight excluding hydrogens is 626 g/mol. The fourth-order valence-corrected chi connectivity index (χ4v) is 10.8. The van der Waals surface area contributed by atoms with Crippen LogP contribution in [-0.2, 0) is 0 Å². The van der Waals surface area contributed by atoms with Crippen molar-refractivity contribution in [3.05, 3.63) is 60.7 Å². The molecule has 2 aromatic rings. The van der Waals surface area contributed by atoms with Gasteiger partial charge in [-0.1, -0.05) is 71.0 Å². The van der Waals surface area contributed by atoms with Gasteiger partial charge in [0, 0.05) is 0 Å². The van der Waals surface area contributed by atoms with Crippen LogP contribution in [0.3, 0.4) is 0 Å². The number of thiol groups is 1. The van der Waals surface area contributed by atoms with Gasteiger partial charge >= 0.3 is 105 Å². The molecule has 2 rings (SSSR count). The topological polar surface area (TPSA) is 0 Å². The van der Waals surface area contributed by atoms with Gasteiger partial charge in [0.15, 0.2) is 0 Å². The maximum Gasteiger partial charge on any atom is 0.103 e. The van der Waals surface area contributed by atoms with Crippen LogP contribution in [0.1, 0.15) is 39.5 Å². The predicted octanol–water partition coefficient (Wildman–Crippen LogP) is 6.00. The number of hydrogen-bond acceptors (Lipinski definition) is 3. The van der Waals surface area contributed by atoms with Crippen LogP contribution < -0.4 is 10.4 Å². The summed E-state index contributed by atoms with van der Waals surface area (Å²) in [6.45, 7) is 4.43. The average Bonchev–Trinajstić information content (AvgIpc) is 2.76. The molecule has 0 atom stereocenters. The largest absolute Gasteiger partial charge is 0.180 e. The van der Waals surface area contributed by atoms with Crippen molar-refractivity contribution in [2.75, 3.05) is 5.75 Å². The first-order chi connectivity index (χ1) is 13.7. The molecule has 0 aliphatic heterocycles. The normalized spacial score (nSPS) is 9.57. The fraction of sp³-hybridized carbons (Fsp3) is 0.455. The number of unbranched alkanes of at least 4 members (excludes halogenated alkanes) is 2. The van der Waals surface area contributed by atoms with Gasteiger partial charge in [-0.05, 0) is 11.8 Å². The summed E-state index contributed by atoms with van der Waals surface area (Å²) in [6.07, 6.45) is 5.43. The monoisotopic (exact) mass is 662 g/mol. The Balaban J connectivity index is 0.000000505. The van der Waals surface area contributed by atoms with E-state index in [1.54, 1.807) is 0 Å². The molecule has 0 unspecified atom stereocenters. The molecule has 0 saturated heterocycles. The van der Waals surface area contributed by atoms with Gasteiger partial charge in [-0.15, -0.1) is 0 Å². The Morgan fingerprint density at radius 3 is 1.39 bits per heavy atom. The van der Waals surface area contributed by atoms with E-state index in [1.165, 1.54) is 51.0 Å². The number of rotatable bonds is 10. The van der Waals surface area contributed by atoms with Crippen LogP contribution in [0.2, 0.25) is 14.9 Å². The van der Waals surface area contributed by atoms with Gasteiger partial charge in [0.2, 0.25) is 0 Å². The zero-order valence-corrected chi connectivity index (χ0v) is 26.7. The van der Waals surface area contributed by atoms with Gasteiger partial charge < -0.3 is 0 Å². The van der Waals surface area contributed by atoms with Crippen LogP contribution in [0.5, 0.6) is 0 Å². The Labute approximate surface area is 207 Å². The summed E-state index contributed by atoms with van der Waals surface area (Å²) in [6, 6.07) is 23.0. The van der Waals surface area contributed by atoms with E-state index in [-0.39, 0.29) is 38.4 Å². The van der Waals surface area contributed by atoms with Gasteiger partial charge in [0.1, 0.15) is 8.80 Å². The summed E-state index contributed by atoms with van der Waals surface area (Å²) >= 11 is 3.94. The molecule has 0 N–H and O–H groups in total. The fourth-order valence-electron chi connectivity index (χ4n) is 2.52. The minimum atomic E-state index is -1.03. The molecule has 28 heavy (non-hydrogen) atoms. The maximum absolute atomic E-state index is 4.89. The molecule has 0 amide bonds. The van der Waals surface area contributed by atoms with Crippen molar-refractivity contribution in [1.29, 1.82) is 0 Å². The van der Waals surface area contributed by atoms with Crippen LogP contribution >= 0.6 is 31.2 Å². The third-order valence-electron chi connectivity index (χ3n) is 4.09. The van der Waals surface area contributed by atoms with Crippen molar-refractivity contribution in [2.45, 2.75) is 54.4 Å². The third kappa shape index (κ3) is 15.8. The summed E-state index contributed by atoms with van der Waals surface area (Å²) in [7, 11) is 8.75. The van der Waals surface area contributed by atoms with Gasteiger partial charge in [-0.2, -0.15) is 12.6 Å². The molecular formula is C22H34S3SiSn2. The second-order valence-corrected chi connectivity index (χ2v) is 18.2. The first-order valence-electron chi connectivity index (χ1n) is 10.2. The number of benzene rings is 2. The van der Waals surface area contributed by atoms with E-state index >= 15 is 0 Å². The van der Waals surface area contributed by atoms with Crippen LogP contribution in [0, 0.1) is 0 Å². The van der Waals surface area contributed by atoms with Crippen LogP contribution in [0.4, 0.5) is 0 Å². The SMILES string of the molecule is CCC[CH2][Sn]=[S].CCC[CH2][Sn]=[S].SCC[SiH](c1ccccc1)c1ccccc1. The van der Waals surface area contributed by atoms with Crippen molar-refractivity contribution >= 4 is 88.8 Å². The van der Waals surface area contributed by atoms with Crippen LogP contribution in [0.15, 0.2) is 60.7 Å². The first kappa shape index (κ1) is 29.0. The molecule has 6 heteroatoms. The summed E-state index contributed by atoms with van der Waals surface area (Å²) in [5.41, 5.74) is 0. The summed E-state index contributed by atoms with van der Waals surface area (Å²) in [4.78, 5) is 0. The van der Waals surface area contributed by atoms with Gasteiger partial charge in [-0.25, -0.2) is 0 Å². The second-order valence-electron chi connectivity index (χ2n) is 6.38. The molecule has 152 valence electrons. The zero-order chi connectivity index (χ0) is 20.9. The Kier molecular flexibility index (Phi) is 23.6. The van der Waals surface area contributed by atoms with Crippen molar-refractivity contribution in [3.8, 4) is 0 Å². The zero-order valence-electron chi connectivity index (χ0n) is 17.3. The molecule has 0 spiro atoms. The van der Waals surface area contributed by atoms with Crippen LogP contribution in [-0.4, -0.2) is 52.9 Å². The standard InChI is InChI=1S/C14H16SSi.2C4H9.2S.2Sn/c15-11-12-16(13-7-3-1-4-8-13)14-9-5-2-6-10-14;2*1-3-4-2;;;;/h1-10,15-16H,11-12H2;2*1,3-4H2,2H3;;;;. The summed E-state index contributed by atoms with van der Waals surface area (Å²) in [5, 5.41) is 3.03. The van der Waals surface area contributed by atoms with E-state index in [0.29, 0.717) is 0 Å². The quantitative estimate of drug-likeness (QED) is 0.189. The Morgan fingerprint density at radius 1 is 0.750 bits per heavy atom. The smallest absolute Gasteiger partial charge is 0.103 e. The maximum atomic E-state index is 4.89. The Bertz CT molecular complexity index is 546. The molecule has 0 saturated carbocycles. The predicted molar refractivity (Wildman–Crippen MR) is 144 cm³/mol. The Hall–Kier alpha value is 1.04. The van der Waals surface area contributed by atoms with Crippen molar-refractivity contribution < 1.29 is 0 Å². The minimum Gasteiger partial charge on any atom is -0.180 e. The van der Waals surface area contributed by atoms with E-state index in [1.807, 2.05) is 0 Å². The Morgan fingerprint density at radius 2 is 1.14 bits per heavy atom.